The molecular formula is C8H10ClFN2O. The largest absolute Gasteiger partial charge is 0.280 e. The summed E-state index contributed by atoms with van der Waals surface area (Å²) in [6, 6.07) is 5.39. The Kier molecular flexibility index (Phi) is 4.37. The number of nitrogens with two attached hydrogens (primary N) is 1. The molecule has 1 rings (SSSR count). The summed E-state index contributed by atoms with van der Waals surface area (Å²) in [5.41, 5.74) is 0.250. The van der Waals surface area contributed by atoms with E-state index in [1.165, 1.54) is 25.2 Å². The van der Waals surface area contributed by atoms with Gasteiger partial charge < -0.3 is 0 Å². The number of hydrogen-bond acceptors (Lipinski definition) is 2. The first-order valence-electron chi connectivity index (χ1n) is 3.39. The van der Waals surface area contributed by atoms with E-state index in [4.69, 9.17) is 5.84 Å². The molecule has 0 aliphatic carbocycles. The van der Waals surface area contributed by atoms with Crippen molar-refractivity contribution >= 4 is 18.3 Å². The van der Waals surface area contributed by atoms with Crippen molar-refractivity contribution < 1.29 is 9.18 Å². The van der Waals surface area contributed by atoms with Crippen molar-refractivity contribution in [3.8, 4) is 0 Å². The van der Waals surface area contributed by atoms with E-state index in [1.54, 1.807) is 0 Å². The van der Waals surface area contributed by atoms with Crippen LogP contribution in [-0.4, -0.2) is 18.0 Å². The maximum atomic E-state index is 12.6. The average molecular weight is 205 g/mol. The second-order valence-corrected chi connectivity index (χ2v) is 2.43. The van der Waals surface area contributed by atoms with Gasteiger partial charge in [0.1, 0.15) is 5.82 Å². The van der Waals surface area contributed by atoms with Crippen LogP contribution in [0.5, 0.6) is 0 Å². The van der Waals surface area contributed by atoms with Crippen LogP contribution < -0.4 is 5.84 Å². The topological polar surface area (TPSA) is 46.3 Å². The Labute approximate surface area is 81.7 Å². The van der Waals surface area contributed by atoms with E-state index in [1.807, 2.05) is 0 Å². The lowest BCUT2D eigenvalue weighted by molar-refractivity contribution is 0.0794. The SMILES string of the molecule is CN(N)C(=O)c1cccc(F)c1.Cl. The molecule has 72 valence electrons. The molecule has 0 unspecified atom stereocenters. The molecule has 0 aliphatic rings. The molecule has 0 saturated carbocycles. The molecular weight excluding hydrogens is 195 g/mol. The molecule has 13 heavy (non-hydrogen) atoms. The third-order valence-electron chi connectivity index (χ3n) is 1.39. The maximum absolute atomic E-state index is 12.6. The van der Waals surface area contributed by atoms with Gasteiger partial charge in [-0.15, -0.1) is 12.4 Å². The quantitative estimate of drug-likeness (QED) is 0.424. The fourth-order valence-corrected chi connectivity index (χ4v) is 0.825. The molecule has 1 amide bonds. The van der Waals surface area contributed by atoms with Crippen LogP contribution in [-0.2, 0) is 0 Å². The lowest BCUT2D eigenvalue weighted by Gasteiger charge is -2.08. The van der Waals surface area contributed by atoms with Crippen molar-refractivity contribution in [2.75, 3.05) is 7.05 Å². The Morgan fingerprint density at radius 1 is 1.54 bits per heavy atom. The molecule has 0 atom stereocenters. The average Bonchev–Trinajstić information content (AvgIpc) is 2.03. The van der Waals surface area contributed by atoms with Crippen molar-refractivity contribution in [3.63, 3.8) is 0 Å². The number of nitrogens with zero attached hydrogens (tertiary/aromatic N) is 1. The van der Waals surface area contributed by atoms with Crippen LogP contribution in [0.1, 0.15) is 10.4 Å². The summed E-state index contributed by atoms with van der Waals surface area (Å²) in [7, 11) is 1.41. The first-order valence-corrected chi connectivity index (χ1v) is 3.39. The zero-order valence-corrected chi connectivity index (χ0v) is 7.84. The molecule has 0 saturated heterocycles. The highest BCUT2D eigenvalue weighted by atomic mass is 35.5. The van der Waals surface area contributed by atoms with Crippen LogP contribution in [0.4, 0.5) is 4.39 Å². The van der Waals surface area contributed by atoms with Gasteiger partial charge in [0.05, 0.1) is 0 Å². The standard InChI is InChI=1S/C8H9FN2O.ClH/c1-11(10)8(12)6-3-2-4-7(9)5-6;/h2-5H,10H2,1H3;1H. The summed E-state index contributed by atoms with van der Waals surface area (Å²) in [6.45, 7) is 0. The number of carbonyl (C=O) groups is 1. The second-order valence-electron chi connectivity index (χ2n) is 2.43. The molecule has 0 radical (unpaired) electrons. The van der Waals surface area contributed by atoms with Crippen LogP contribution in [0.2, 0.25) is 0 Å². The van der Waals surface area contributed by atoms with Crippen LogP contribution in [0.25, 0.3) is 0 Å². The first-order chi connectivity index (χ1) is 5.61. The predicted molar refractivity (Wildman–Crippen MR) is 49.9 cm³/mol. The van der Waals surface area contributed by atoms with Gasteiger partial charge in [0.2, 0.25) is 0 Å². The van der Waals surface area contributed by atoms with Crippen LogP contribution >= 0.6 is 12.4 Å². The zero-order chi connectivity index (χ0) is 9.14. The van der Waals surface area contributed by atoms with E-state index < -0.39 is 11.7 Å². The van der Waals surface area contributed by atoms with Crippen molar-refractivity contribution in [2.45, 2.75) is 0 Å². The Hall–Kier alpha value is -1.13. The molecule has 5 heteroatoms. The van der Waals surface area contributed by atoms with Gasteiger partial charge in [-0.1, -0.05) is 6.07 Å². The summed E-state index contributed by atoms with van der Waals surface area (Å²) in [6.07, 6.45) is 0. The number of hydrogen-bond donors (Lipinski definition) is 1. The summed E-state index contributed by atoms with van der Waals surface area (Å²) < 4.78 is 12.6. The highest BCUT2D eigenvalue weighted by Gasteiger charge is 2.07. The third kappa shape index (κ3) is 3.01. The zero-order valence-electron chi connectivity index (χ0n) is 7.03. The summed E-state index contributed by atoms with van der Waals surface area (Å²) in [5.74, 6) is 4.33. The molecule has 0 bridgehead atoms. The van der Waals surface area contributed by atoms with E-state index in [2.05, 4.69) is 0 Å². The smallest absolute Gasteiger partial charge is 0.267 e. The van der Waals surface area contributed by atoms with Gasteiger partial charge in [0.15, 0.2) is 0 Å². The maximum Gasteiger partial charge on any atom is 0.267 e. The van der Waals surface area contributed by atoms with Gasteiger partial charge in [0, 0.05) is 12.6 Å². The number of carbonyl (C=O) groups excluding carboxylic acids is 1. The van der Waals surface area contributed by atoms with Gasteiger partial charge in [-0.3, -0.25) is 9.80 Å². The van der Waals surface area contributed by atoms with Crippen LogP contribution in [0, 0.1) is 5.82 Å². The van der Waals surface area contributed by atoms with Crippen molar-refractivity contribution in [1.82, 2.24) is 5.01 Å². The number of halogens is 2. The van der Waals surface area contributed by atoms with E-state index in [-0.39, 0.29) is 18.0 Å². The lowest BCUT2D eigenvalue weighted by atomic mass is 10.2. The van der Waals surface area contributed by atoms with Gasteiger partial charge in [-0.25, -0.2) is 10.2 Å². The number of amides is 1. The van der Waals surface area contributed by atoms with Crippen molar-refractivity contribution in [1.29, 1.82) is 0 Å². The van der Waals surface area contributed by atoms with E-state index in [9.17, 15) is 9.18 Å². The molecule has 0 heterocycles. The molecule has 0 aliphatic heterocycles. The Morgan fingerprint density at radius 3 is 2.62 bits per heavy atom. The van der Waals surface area contributed by atoms with E-state index in [0.29, 0.717) is 0 Å². The minimum absolute atomic E-state index is 0. The fourth-order valence-electron chi connectivity index (χ4n) is 0.825. The van der Waals surface area contributed by atoms with Gasteiger partial charge >= 0.3 is 0 Å². The monoisotopic (exact) mass is 204 g/mol. The van der Waals surface area contributed by atoms with E-state index in [0.717, 1.165) is 11.1 Å². The molecule has 3 nitrogen and oxygen atoms in total. The highest BCUT2D eigenvalue weighted by Crippen LogP contribution is 2.04. The first kappa shape index (κ1) is 11.9. The van der Waals surface area contributed by atoms with Gasteiger partial charge in [-0.05, 0) is 18.2 Å². The number of rotatable bonds is 1. The van der Waals surface area contributed by atoms with Crippen molar-refractivity contribution in [2.24, 2.45) is 5.84 Å². The lowest BCUT2D eigenvalue weighted by Crippen LogP contribution is -2.33. The Morgan fingerprint density at radius 2 is 2.15 bits per heavy atom. The Bertz CT molecular complexity index is 304. The highest BCUT2D eigenvalue weighted by molar-refractivity contribution is 5.93. The van der Waals surface area contributed by atoms with E-state index >= 15 is 0 Å². The minimum atomic E-state index is -0.442. The summed E-state index contributed by atoms with van der Waals surface area (Å²) in [5, 5.41) is 0.911. The molecule has 0 fully saturated rings. The van der Waals surface area contributed by atoms with Gasteiger partial charge in [0.25, 0.3) is 5.91 Å². The fraction of sp³-hybridized carbons (Fsp3) is 0.125. The molecule has 1 aromatic rings. The Balaban J connectivity index is 0.00000144. The normalized spacial score (nSPS) is 8.85. The van der Waals surface area contributed by atoms with Crippen LogP contribution in [0.15, 0.2) is 24.3 Å². The third-order valence-corrected chi connectivity index (χ3v) is 1.39. The summed E-state index contributed by atoms with van der Waals surface area (Å²) in [4.78, 5) is 11.1. The second kappa shape index (κ2) is 4.79. The van der Waals surface area contributed by atoms with Gasteiger partial charge in [-0.2, -0.15) is 0 Å². The number of hydrazine groups is 1. The summed E-state index contributed by atoms with van der Waals surface area (Å²) >= 11 is 0. The molecule has 2 N–H and O–H groups in total. The van der Waals surface area contributed by atoms with Crippen LogP contribution in [0.3, 0.4) is 0 Å². The van der Waals surface area contributed by atoms with Crippen molar-refractivity contribution in [3.05, 3.63) is 35.6 Å². The number of benzene rings is 1. The molecule has 0 spiro atoms. The molecule has 1 aromatic carbocycles. The molecule has 0 aromatic heterocycles. The minimum Gasteiger partial charge on any atom is -0.280 e. The predicted octanol–water partition coefficient (Wildman–Crippen LogP) is 1.19.